The van der Waals surface area contributed by atoms with E-state index in [1.165, 1.54) is 44.9 Å². The van der Waals surface area contributed by atoms with Crippen LogP contribution in [-0.2, 0) is 9.59 Å². The van der Waals surface area contributed by atoms with E-state index in [-0.39, 0.29) is 18.4 Å². The number of unbranched alkanes of at least 4 members (excludes halogenated alkanes) is 8. The lowest BCUT2D eigenvalue weighted by Gasteiger charge is -2.05. The molecule has 0 aliphatic rings. The Morgan fingerprint density at radius 2 is 1.59 bits per heavy atom. The largest absolute Gasteiger partial charge is 0.347 e. The van der Waals surface area contributed by atoms with Gasteiger partial charge in [-0.15, -0.1) is 0 Å². The van der Waals surface area contributed by atoms with Crippen LogP contribution < -0.4 is 10.7 Å². The van der Waals surface area contributed by atoms with Gasteiger partial charge in [-0.05, 0) is 12.5 Å². The van der Waals surface area contributed by atoms with Crippen molar-refractivity contribution in [3.05, 3.63) is 34.3 Å². The zero-order valence-corrected chi connectivity index (χ0v) is 17.9. The Balaban J connectivity index is 2.02. The number of carbonyl (C=O) groups is 2. The molecule has 150 valence electrons. The van der Waals surface area contributed by atoms with Crippen molar-refractivity contribution in [1.29, 1.82) is 0 Å². The highest BCUT2D eigenvalue weighted by atomic mass is 79.9. The van der Waals surface area contributed by atoms with Gasteiger partial charge in [-0.1, -0.05) is 92.4 Å². The number of amides is 2. The zero-order chi connectivity index (χ0) is 19.7. The van der Waals surface area contributed by atoms with Crippen LogP contribution in [0.3, 0.4) is 0 Å². The van der Waals surface area contributed by atoms with E-state index < -0.39 is 0 Å². The molecule has 0 heterocycles. The summed E-state index contributed by atoms with van der Waals surface area (Å²) in [6.07, 6.45) is 13.0. The lowest BCUT2D eigenvalue weighted by atomic mass is 10.1. The molecule has 2 amide bonds. The summed E-state index contributed by atoms with van der Waals surface area (Å²) in [7, 11) is 0. The molecule has 2 N–H and O–H groups in total. The molecule has 0 aromatic heterocycles. The number of hydrogen-bond acceptors (Lipinski definition) is 3. The summed E-state index contributed by atoms with van der Waals surface area (Å²) in [5.41, 5.74) is 3.28. The second kappa shape index (κ2) is 15.4. The molecule has 0 saturated heterocycles. The zero-order valence-electron chi connectivity index (χ0n) is 16.3. The second-order valence-electron chi connectivity index (χ2n) is 6.67. The lowest BCUT2D eigenvalue weighted by molar-refractivity contribution is -0.126. The molecule has 0 spiro atoms. The predicted molar refractivity (Wildman–Crippen MR) is 115 cm³/mol. The van der Waals surface area contributed by atoms with Crippen molar-refractivity contribution < 1.29 is 9.59 Å². The molecular formula is C21H32BrN3O2. The average Bonchev–Trinajstić information content (AvgIpc) is 2.66. The molecule has 0 unspecified atom stereocenters. The Kier molecular flexibility index (Phi) is 13.3. The fraction of sp³-hybridized carbons (Fsp3) is 0.571. The number of carbonyl (C=O) groups excluding carboxylic acids is 2. The third-order valence-electron chi connectivity index (χ3n) is 4.25. The van der Waals surface area contributed by atoms with Crippen molar-refractivity contribution >= 4 is 34.0 Å². The van der Waals surface area contributed by atoms with Crippen molar-refractivity contribution in [1.82, 2.24) is 10.7 Å². The topological polar surface area (TPSA) is 70.6 Å². The highest BCUT2D eigenvalue weighted by molar-refractivity contribution is 9.10. The van der Waals surface area contributed by atoms with E-state index in [0.717, 1.165) is 22.9 Å². The van der Waals surface area contributed by atoms with Crippen LogP contribution in [-0.4, -0.2) is 24.6 Å². The maximum Gasteiger partial charge on any atom is 0.259 e. The van der Waals surface area contributed by atoms with Gasteiger partial charge in [-0.25, -0.2) is 5.43 Å². The first kappa shape index (κ1) is 23.3. The van der Waals surface area contributed by atoms with Gasteiger partial charge in [-0.2, -0.15) is 5.10 Å². The molecule has 5 nitrogen and oxygen atoms in total. The summed E-state index contributed by atoms with van der Waals surface area (Å²) in [5.74, 6) is -0.415. The standard InChI is InChI=1S/C21H32BrN3O2/c1-2-3-4-5-6-7-8-9-10-15-20(26)23-17-21(27)25-24-16-18-13-11-12-14-19(18)22/h11-14,16H,2-10,15,17H2,1H3,(H,23,26)(H,25,27)/b24-16+. The van der Waals surface area contributed by atoms with E-state index in [1.54, 1.807) is 6.21 Å². The van der Waals surface area contributed by atoms with Crippen LogP contribution in [0.5, 0.6) is 0 Å². The van der Waals surface area contributed by atoms with E-state index in [2.05, 4.69) is 38.7 Å². The van der Waals surface area contributed by atoms with Gasteiger partial charge in [0.05, 0.1) is 12.8 Å². The second-order valence-corrected chi connectivity index (χ2v) is 7.52. The van der Waals surface area contributed by atoms with Crippen molar-refractivity contribution in [3.8, 4) is 0 Å². The lowest BCUT2D eigenvalue weighted by Crippen LogP contribution is -2.34. The predicted octanol–water partition coefficient (Wildman–Crippen LogP) is 4.94. The minimum absolute atomic E-state index is 0.0520. The van der Waals surface area contributed by atoms with E-state index in [9.17, 15) is 9.59 Å². The highest BCUT2D eigenvalue weighted by Crippen LogP contribution is 2.13. The fourth-order valence-electron chi connectivity index (χ4n) is 2.66. The first-order valence-electron chi connectivity index (χ1n) is 9.96. The molecule has 0 bridgehead atoms. The van der Waals surface area contributed by atoms with Crippen LogP contribution >= 0.6 is 15.9 Å². The number of rotatable bonds is 14. The minimum Gasteiger partial charge on any atom is -0.347 e. The van der Waals surface area contributed by atoms with Gasteiger partial charge in [0.15, 0.2) is 0 Å². The molecule has 1 aromatic rings. The molecular weight excluding hydrogens is 406 g/mol. The number of hydrazone groups is 1. The number of nitrogens with zero attached hydrogens (tertiary/aromatic N) is 1. The van der Waals surface area contributed by atoms with E-state index in [0.29, 0.717) is 6.42 Å². The van der Waals surface area contributed by atoms with Crippen molar-refractivity contribution in [2.45, 2.75) is 71.1 Å². The van der Waals surface area contributed by atoms with Gasteiger partial charge < -0.3 is 5.32 Å². The van der Waals surface area contributed by atoms with Gasteiger partial charge in [0, 0.05) is 16.5 Å². The van der Waals surface area contributed by atoms with Gasteiger partial charge in [-0.3, -0.25) is 9.59 Å². The number of nitrogens with one attached hydrogen (secondary N) is 2. The fourth-order valence-corrected chi connectivity index (χ4v) is 3.04. The van der Waals surface area contributed by atoms with Crippen LogP contribution in [0.4, 0.5) is 0 Å². The smallest absolute Gasteiger partial charge is 0.259 e. The van der Waals surface area contributed by atoms with Crippen LogP contribution in [0.1, 0.15) is 76.7 Å². The van der Waals surface area contributed by atoms with Crippen molar-refractivity contribution in [2.75, 3.05) is 6.54 Å². The van der Waals surface area contributed by atoms with E-state index >= 15 is 0 Å². The summed E-state index contributed by atoms with van der Waals surface area (Å²) in [6.45, 7) is 2.18. The summed E-state index contributed by atoms with van der Waals surface area (Å²) in [4.78, 5) is 23.5. The number of hydrogen-bond donors (Lipinski definition) is 2. The van der Waals surface area contributed by atoms with Crippen LogP contribution in [0.2, 0.25) is 0 Å². The molecule has 0 atom stereocenters. The Morgan fingerprint density at radius 3 is 2.26 bits per heavy atom. The van der Waals surface area contributed by atoms with Crippen LogP contribution in [0.15, 0.2) is 33.8 Å². The molecule has 0 aliphatic carbocycles. The molecule has 27 heavy (non-hydrogen) atoms. The van der Waals surface area contributed by atoms with E-state index in [4.69, 9.17) is 0 Å². The molecule has 0 fully saturated rings. The maximum atomic E-state index is 11.8. The quantitative estimate of drug-likeness (QED) is 0.246. The van der Waals surface area contributed by atoms with Crippen molar-refractivity contribution in [3.63, 3.8) is 0 Å². The highest BCUT2D eigenvalue weighted by Gasteiger charge is 2.04. The minimum atomic E-state index is -0.335. The van der Waals surface area contributed by atoms with Gasteiger partial charge in [0.25, 0.3) is 5.91 Å². The van der Waals surface area contributed by atoms with Gasteiger partial charge in [0.1, 0.15) is 0 Å². The Bertz CT molecular complexity index is 591. The summed E-state index contributed by atoms with van der Waals surface area (Å²) < 4.78 is 0.900. The Morgan fingerprint density at radius 1 is 0.963 bits per heavy atom. The first-order chi connectivity index (χ1) is 13.1. The molecule has 1 rings (SSSR count). The number of benzene rings is 1. The van der Waals surface area contributed by atoms with Crippen LogP contribution in [0, 0.1) is 0 Å². The monoisotopic (exact) mass is 437 g/mol. The normalized spacial score (nSPS) is 10.9. The SMILES string of the molecule is CCCCCCCCCCCC(=O)NCC(=O)N/N=C/c1ccccc1Br. The Hall–Kier alpha value is -1.69. The third-order valence-corrected chi connectivity index (χ3v) is 4.97. The summed E-state index contributed by atoms with van der Waals surface area (Å²) >= 11 is 3.41. The molecule has 1 aromatic carbocycles. The van der Waals surface area contributed by atoms with Crippen LogP contribution in [0.25, 0.3) is 0 Å². The van der Waals surface area contributed by atoms with Crippen molar-refractivity contribution in [2.24, 2.45) is 5.10 Å². The first-order valence-corrected chi connectivity index (χ1v) is 10.8. The van der Waals surface area contributed by atoms with Gasteiger partial charge >= 0.3 is 0 Å². The van der Waals surface area contributed by atoms with E-state index in [1.807, 2.05) is 24.3 Å². The number of halogens is 1. The average molecular weight is 438 g/mol. The molecule has 0 radical (unpaired) electrons. The Labute approximate surface area is 171 Å². The summed E-state index contributed by atoms with van der Waals surface area (Å²) in [5, 5.41) is 6.53. The van der Waals surface area contributed by atoms with Gasteiger partial charge in [0.2, 0.25) is 5.91 Å². The molecule has 6 heteroatoms. The summed E-state index contributed by atoms with van der Waals surface area (Å²) in [6, 6.07) is 7.58. The third kappa shape index (κ3) is 12.3. The maximum absolute atomic E-state index is 11.8. The molecule has 0 aliphatic heterocycles. The molecule has 0 saturated carbocycles.